The molecule has 32 heavy (non-hydrogen) atoms. The fraction of sp³-hybridized carbons (Fsp3) is 0. The van der Waals surface area contributed by atoms with Crippen molar-refractivity contribution in [3.63, 3.8) is 0 Å². The first-order chi connectivity index (χ1) is 15.2. The summed E-state index contributed by atoms with van der Waals surface area (Å²) in [6, 6.07) is 10.00. The maximum atomic E-state index is 13.1. The summed E-state index contributed by atoms with van der Waals surface area (Å²) in [6.45, 7) is 0. The molecule has 8 nitrogen and oxygen atoms in total. The molecular formula is C24H12O8. The van der Waals surface area contributed by atoms with Crippen molar-refractivity contribution in [3.05, 3.63) is 56.8 Å². The number of aromatic hydroxyl groups is 6. The quantitative estimate of drug-likeness (QED) is 0.0932. The Morgan fingerprint density at radius 1 is 0.469 bits per heavy atom. The lowest BCUT2D eigenvalue weighted by Crippen LogP contribution is -2.23. The summed E-state index contributed by atoms with van der Waals surface area (Å²) in [5.41, 5.74) is -2.42. The molecule has 0 atom stereocenters. The Bertz CT molecular complexity index is 1920. The Hall–Kier alpha value is -4.72. The van der Waals surface area contributed by atoms with Crippen LogP contribution >= 0.6 is 0 Å². The van der Waals surface area contributed by atoms with Crippen LogP contribution in [0.5, 0.6) is 34.5 Å². The zero-order valence-electron chi connectivity index (χ0n) is 16.0. The standard InChI is InChI=1S/C24H12O8/c25-10-6-8-5-7-3-1-2-4-9(7)12-11(8)14-13(10)18(26)22(30)20(28)16(14)17-15(12)19(27)23(31)24(32)21(17)29/h1-6,25-26,28-30,32H. The van der Waals surface area contributed by atoms with E-state index in [0.717, 1.165) is 0 Å². The van der Waals surface area contributed by atoms with Crippen LogP contribution < -0.4 is 10.9 Å². The van der Waals surface area contributed by atoms with Gasteiger partial charge in [0.25, 0.3) is 5.43 Å². The summed E-state index contributed by atoms with van der Waals surface area (Å²) in [5, 5.41) is 64.1. The molecular weight excluding hydrogens is 416 g/mol. The van der Waals surface area contributed by atoms with E-state index in [1.165, 1.54) is 6.07 Å². The summed E-state index contributed by atoms with van der Waals surface area (Å²) in [4.78, 5) is 25.5. The van der Waals surface area contributed by atoms with Crippen molar-refractivity contribution >= 4 is 53.9 Å². The molecule has 0 radical (unpaired) electrons. The third-order valence-electron chi connectivity index (χ3n) is 6.16. The van der Waals surface area contributed by atoms with Gasteiger partial charge in [-0.25, -0.2) is 0 Å². The van der Waals surface area contributed by atoms with E-state index in [0.29, 0.717) is 21.5 Å². The molecule has 6 N–H and O–H groups in total. The molecule has 0 heterocycles. The van der Waals surface area contributed by atoms with Crippen LogP contribution in [0.25, 0.3) is 53.9 Å². The zero-order valence-corrected chi connectivity index (χ0v) is 16.0. The van der Waals surface area contributed by atoms with Crippen molar-refractivity contribution in [2.75, 3.05) is 0 Å². The minimum absolute atomic E-state index is 0.0498. The van der Waals surface area contributed by atoms with Gasteiger partial charge in [-0.1, -0.05) is 24.3 Å². The van der Waals surface area contributed by atoms with Gasteiger partial charge in [0.1, 0.15) is 5.75 Å². The Morgan fingerprint density at radius 3 is 1.84 bits per heavy atom. The first-order valence-corrected chi connectivity index (χ1v) is 9.48. The summed E-state index contributed by atoms with van der Waals surface area (Å²) in [7, 11) is 0. The maximum Gasteiger partial charge on any atom is 0.271 e. The van der Waals surface area contributed by atoms with Gasteiger partial charge in [0.2, 0.25) is 16.9 Å². The highest BCUT2D eigenvalue weighted by Gasteiger charge is 2.29. The number of hydrogen-bond acceptors (Lipinski definition) is 8. The first-order valence-electron chi connectivity index (χ1n) is 9.48. The molecule has 0 aliphatic carbocycles. The topological polar surface area (TPSA) is 156 Å². The predicted octanol–water partition coefficient (Wildman–Crippen LogP) is 3.28. The summed E-state index contributed by atoms with van der Waals surface area (Å²) < 4.78 is 0. The second-order valence-electron chi connectivity index (χ2n) is 7.74. The molecule has 0 saturated heterocycles. The van der Waals surface area contributed by atoms with Gasteiger partial charge in [-0.05, 0) is 33.7 Å². The lowest BCUT2D eigenvalue weighted by Gasteiger charge is -2.19. The number of phenols is 6. The molecule has 0 amide bonds. The number of rotatable bonds is 0. The van der Waals surface area contributed by atoms with Crippen molar-refractivity contribution < 1.29 is 30.6 Å². The minimum atomic E-state index is -1.32. The van der Waals surface area contributed by atoms with E-state index < -0.39 is 45.4 Å². The SMILES string of the molecule is O=c1c(O)c(O)c2c3c(O)c(O)c(O)c4c(O)cc5cc6ccccc6c(c2c1=O)c5c43. The second kappa shape index (κ2) is 5.50. The highest BCUT2D eigenvalue weighted by Crippen LogP contribution is 2.56. The molecule has 0 spiro atoms. The molecule has 0 aromatic heterocycles. The molecule has 0 fully saturated rings. The van der Waals surface area contributed by atoms with Crippen LogP contribution in [0.3, 0.4) is 0 Å². The summed E-state index contributed by atoms with van der Waals surface area (Å²) >= 11 is 0. The Labute approximate surface area is 176 Å². The van der Waals surface area contributed by atoms with Crippen molar-refractivity contribution in [1.29, 1.82) is 0 Å². The monoisotopic (exact) mass is 428 g/mol. The highest BCUT2D eigenvalue weighted by molar-refractivity contribution is 6.41. The molecule has 156 valence electrons. The van der Waals surface area contributed by atoms with Gasteiger partial charge in [-0.2, -0.15) is 0 Å². The Morgan fingerprint density at radius 2 is 1.09 bits per heavy atom. The van der Waals surface area contributed by atoms with E-state index in [1.807, 2.05) is 0 Å². The molecule has 8 heteroatoms. The van der Waals surface area contributed by atoms with Crippen LogP contribution in [0, 0.1) is 0 Å². The van der Waals surface area contributed by atoms with Gasteiger partial charge >= 0.3 is 0 Å². The van der Waals surface area contributed by atoms with E-state index in [1.54, 1.807) is 30.3 Å². The van der Waals surface area contributed by atoms with Crippen molar-refractivity contribution in [3.8, 4) is 34.5 Å². The molecule has 0 bridgehead atoms. The second-order valence-corrected chi connectivity index (χ2v) is 7.74. The molecule has 0 aliphatic heterocycles. The van der Waals surface area contributed by atoms with Crippen molar-refractivity contribution in [2.45, 2.75) is 0 Å². The van der Waals surface area contributed by atoms with E-state index in [4.69, 9.17) is 0 Å². The third-order valence-corrected chi connectivity index (χ3v) is 6.16. The van der Waals surface area contributed by atoms with E-state index in [9.17, 15) is 40.2 Å². The minimum Gasteiger partial charge on any atom is -0.507 e. The molecule has 0 saturated carbocycles. The summed E-state index contributed by atoms with van der Waals surface area (Å²) in [5.74, 6) is -5.24. The van der Waals surface area contributed by atoms with Gasteiger partial charge in [0.05, 0.1) is 5.39 Å². The Balaban J connectivity index is 2.24. The van der Waals surface area contributed by atoms with Gasteiger partial charge in [-0.15, -0.1) is 0 Å². The van der Waals surface area contributed by atoms with Crippen molar-refractivity contribution in [2.24, 2.45) is 0 Å². The Kier molecular flexibility index (Phi) is 3.11. The highest BCUT2D eigenvalue weighted by atomic mass is 16.3. The van der Waals surface area contributed by atoms with Gasteiger partial charge in [0.15, 0.2) is 17.2 Å². The zero-order chi connectivity index (χ0) is 22.6. The summed E-state index contributed by atoms with van der Waals surface area (Å²) in [6.07, 6.45) is 0. The predicted molar refractivity (Wildman–Crippen MR) is 119 cm³/mol. The maximum absolute atomic E-state index is 13.1. The fourth-order valence-corrected chi connectivity index (χ4v) is 4.85. The average molecular weight is 428 g/mol. The van der Waals surface area contributed by atoms with Crippen LogP contribution in [0.15, 0.2) is 46.0 Å². The van der Waals surface area contributed by atoms with Gasteiger partial charge < -0.3 is 30.6 Å². The normalized spacial score (nSPS) is 12.1. The van der Waals surface area contributed by atoms with Gasteiger partial charge in [0, 0.05) is 26.9 Å². The van der Waals surface area contributed by atoms with Crippen molar-refractivity contribution in [1.82, 2.24) is 0 Å². The molecule has 0 aliphatic rings. The lowest BCUT2D eigenvalue weighted by atomic mass is 9.85. The largest absolute Gasteiger partial charge is 0.507 e. The third kappa shape index (κ3) is 1.83. The van der Waals surface area contributed by atoms with Crippen LogP contribution in [0.2, 0.25) is 0 Å². The van der Waals surface area contributed by atoms with E-state index >= 15 is 0 Å². The van der Waals surface area contributed by atoms with E-state index in [2.05, 4.69) is 0 Å². The average Bonchev–Trinajstić information content (AvgIpc) is 2.78. The molecule has 6 aromatic carbocycles. The smallest absolute Gasteiger partial charge is 0.271 e. The number of hydrogen-bond donors (Lipinski definition) is 6. The molecule has 6 rings (SSSR count). The van der Waals surface area contributed by atoms with Crippen LogP contribution in [0.1, 0.15) is 0 Å². The fourth-order valence-electron chi connectivity index (χ4n) is 4.85. The first kappa shape index (κ1) is 18.1. The number of phenolic OH excluding ortho intramolecular Hbond substituents is 6. The van der Waals surface area contributed by atoms with Crippen LogP contribution in [-0.2, 0) is 0 Å². The van der Waals surface area contributed by atoms with Crippen LogP contribution in [-0.4, -0.2) is 30.6 Å². The number of fused-ring (bicyclic) bond motifs is 5. The number of benzene rings is 6. The van der Waals surface area contributed by atoms with Crippen LogP contribution in [0.4, 0.5) is 0 Å². The lowest BCUT2D eigenvalue weighted by molar-refractivity contribution is 0.373. The molecule has 0 unspecified atom stereocenters. The van der Waals surface area contributed by atoms with Gasteiger partial charge in [-0.3, -0.25) is 9.59 Å². The van der Waals surface area contributed by atoms with E-state index in [-0.39, 0.29) is 32.3 Å². The molecule has 6 aromatic rings.